The summed E-state index contributed by atoms with van der Waals surface area (Å²) in [5, 5.41) is 6.33. The first-order valence-corrected chi connectivity index (χ1v) is 21.2. The number of hydrogen-bond acceptors (Lipinski definition) is 4. The topological polar surface area (TPSA) is 21.8 Å². The van der Waals surface area contributed by atoms with Crippen LogP contribution in [0.2, 0.25) is 0 Å². The molecule has 4 heteroatoms. The van der Waals surface area contributed by atoms with E-state index in [0.29, 0.717) is 28.6 Å². The minimum Gasteiger partial charge on any atom is -0.379 e. The quantitative estimate of drug-likeness (QED) is 0.229. The van der Waals surface area contributed by atoms with Crippen molar-refractivity contribution in [2.75, 3.05) is 32.7 Å². The maximum absolute atomic E-state index is 4.80. The van der Waals surface area contributed by atoms with Gasteiger partial charge in [-0.05, 0) is 109 Å². The Labute approximate surface area is 329 Å². The van der Waals surface area contributed by atoms with E-state index in [0.717, 1.165) is 44.8 Å². The molecule has 0 spiro atoms. The van der Waals surface area contributed by atoms with Crippen LogP contribution in [0.15, 0.2) is 103 Å². The Morgan fingerprint density at radius 3 is 2.43 bits per heavy atom. The van der Waals surface area contributed by atoms with E-state index in [1.54, 1.807) is 5.57 Å². The second-order valence-corrected chi connectivity index (χ2v) is 18.4. The summed E-state index contributed by atoms with van der Waals surface area (Å²) in [7, 11) is 0. The van der Waals surface area contributed by atoms with Crippen LogP contribution < -0.4 is 15.8 Å². The summed E-state index contributed by atoms with van der Waals surface area (Å²) in [5.74, 6) is 1.72. The first-order chi connectivity index (χ1) is 25.6. The van der Waals surface area contributed by atoms with E-state index >= 15 is 0 Å². The first kappa shape index (κ1) is 40.0. The third-order valence-electron chi connectivity index (χ3n) is 15.3. The van der Waals surface area contributed by atoms with Gasteiger partial charge in [-0.2, -0.15) is 0 Å². The molecule has 2 aliphatic heterocycles. The second-order valence-electron chi connectivity index (χ2n) is 18.4. The molecule has 2 heterocycles. The van der Waals surface area contributed by atoms with Crippen molar-refractivity contribution in [3.63, 3.8) is 0 Å². The summed E-state index contributed by atoms with van der Waals surface area (Å²) in [4.78, 5) is 7.71. The zero-order valence-electron chi connectivity index (χ0n) is 35.4. The molecule has 6 aliphatic rings. The summed E-state index contributed by atoms with van der Waals surface area (Å²) in [5.41, 5.74) is 10.7. The largest absolute Gasteiger partial charge is 0.379 e. The van der Waals surface area contributed by atoms with Gasteiger partial charge in [0, 0.05) is 61.4 Å². The molecule has 0 bridgehead atoms. The summed E-state index contributed by atoms with van der Waals surface area (Å²) in [6.07, 6.45) is 19.3. The molecule has 4 nitrogen and oxygen atoms in total. The number of allylic oxidation sites excluding steroid dienone is 5. The lowest BCUT2D eigenvalue weighted by molar-refractivity contribution is -0.268. The summed E-state index contributed by atoms with van der Waals surface area (Å²) in [6.45, 7) is 46.3. The molecule has 0 radical (unpaired) electrons. The van der Waals surface area contributed by atoms with Crippen LogP contribution in [0.1, 0.15) is 99.0 Å². The molecule has 1 N–H and O–H groups in total. The van der Waals surface area contributed by atoms with Crippen LogP contribution in [0.4, 0.5) is 0 Å². The highest BCUT2D eigenvalue weighted by Crippen LogP contribution is 2.89. The molecule has 3 saturated carbocycles. The average molecular weight is 729 g/mol. The van der Waals surface area contributed by atoms with Crippen LogP contribution in [0.25, 0.3) is 12.2 Å². The Balaban J connectivity index is 0.000000354. The Hall–Kier alpha value is -3.66. The van der Waals surface area contributed by atoms with Crippen molar-refractivity contribution in [3.05, 3.63) is 119 Å². The fraction of sp³-hybridized carbons (Fsp3) is 0.560. The van der Waals surface area contributed by atoms with Crippen LogP contribution in [-0.2, 0) is 0 Å². The molecule has 1 aromatic rings. The first-order valence-electron chi connectivity index (χ1n) is 21.2. The molecule has 0 aromatic heterocycles. The third-order valence-corrected chi connectivity index (χ3v) is 15.3. The van der Waals surface area contributed by atoms with Gasteiger partial charge in [-0.1, -0.05) is 128 Å². The van der Waals surface area contributed by atoms with Gasteiger partial charge in [0.1, 0.15) is 0 Å². The monoisotopic (exact) mass is 729 g/mol. The van der Waals surface area contributed by atoms with Crippen molar-refractivity contribution in [2.24, 2.45) is 34.0 Å². The van der Waals surface area contributed by atoms with Crippen molar-refractivity contribution in [1.29, 1.82) is 0 Å². The van der Waals surface area contributed by atoms with Crippen molar-refractivity contribution < 1.29 is 0 Å². The van der Waals surface area contributed by atoms with Crippen LogP contribution in [0.5, 0.6) is 0 Å². The van der Waals surface area contributed by atoms with Crippen LogP contribution in [0, 0.1) is 40.9 Å². The highest BCUT2D eigenvalue weighted by molar-refractivity contribution is 5.46. The smallest absolute Gasteiger partial charge is 0.0682 e. The van der Waals surface area contributed by atoms with E-state index in [1.807, 2.05) is 12.2 Å². The van der Waals surface area contributed by atoms with E-state index in [9.17, 15) is 0 Å². The lowest BCUT2D eigenvalue weighted by Gasteiger charge is -2.76. The van der Waals surface area contributed by atoms with Gasteiger partial charge >= 0.3 is 0 Å². The fourth-order valence-corrected chi connectivity index (χ4v) is 12.0. The Kier molecular flexibility index (Phi) is 11.5. The molecule has 54 heavy (non-hydrogen) atoms. The standard InChI is InChI=1S/C38H58N4.C12H14/c1-11-14-31-15-12-13-16-33(31)41-19-17-40(18-20-41)29(6)27(4)39-28(5)34-21-25(2)23-42(34)30(7)35-26(3)37(9)24-36(8)22-32(35)38(36,37)10;1-4-6-12-8-7-10(3)9-11(12)5-2/h13,16,25,27,32,34-35,39H,3,5-7,11-12,14-15,17-24H2,1-2,4,8-10H3;4-9H,1H2,2-3H3/b;11-5-,12-6-/t25?,27-,32?,34-,35?,36?,37+,38?;/m0./s1. The number of nitrogens with one attached hydrogen (secondary N) is 1. The lowest BCUT2D eigenvalue weighted by atomic mass is 9.28. The summed E-state index contributed by atoms with van der Waals surface area (Å²) >= 11 is 0. The maximum Gasteiger partial charge on any atom is 0.0682 e. The fourth-order valence-electron chi connectivity index (χ4n) is 12.0. The van der Waals surface area contributed by atoms with E-state index in [4.69, 9.17) is 13.2 Å². The number of benzene rings is 1. The van der Waals surface area contributed by atoms with Crippen molar-refractivity contribution >= 4 is 12.2 Å². The Morgan fingerprint density at radius 2 is 1.80 bits per heavy atom. The van der Waals surface area contributed by atoms with Gasteiger partial charge < -0.3 is 20.0 Å². The highest BCUT2D eigenvalue weighted by Gasteiger charge is 2.82. The zero-order chi connectivity index (χ0) is 39.2. The molecule has 1 aromatic carbocycles. The van der Waals surface area contributed by atoms with Gasteiger partial charge in [0.2, 0.25) is 0 Å². The van der Waals surface area contributed by atoms with Crippen LogP contribution in [-0.4, -0.2) is 59.5 Å². The zero-order valence-corrected chi connectivity index (χ0v) is 35.4. The second kappa shape index (κ2) is 15.5. The number of likely N-dealkylation sites (tertiary alicyclic amines) is 1. The van der Waals surface area contributed by atoms with Crippen LogP contribution in [0.3, 0.4) is 0 Å². The minimum absolute atomic E-state index is 0.155. The van der Waals surface area contributed by atoms with Gasteiger partial charge in [-0.3, -0.25) is 0 Å². The number of nitrogens with zero attached hydrogens (tertiary/aromatic N) is 3. The number of rotatable bonds is 11. The summed E-state index contributed by atoms with van der Waals surface area (Å²) < 4.78 is 0. The normalized spacial score (nSPS) is 33.8. The van der Waals surface area contributed by atoms with E-state index in [2.05, 4.69) is 132 Å². The van der Waals surface area contributed by atoms with Crippen molar-refractivity contribution in [2.45, 2.75) is 112 Å². The van der Waals surface area contributed by atoms with Gasteiger partial charge in [-0.15, -0.1) is 0 Å². The Bertz CT molecular complexity index is 1850. The molecule has 4 aliphatic carbocycles. The molecule has 5 fully saturated rings. The average Bonchev–Trinajstić information content (AvgIpc) is 3.56. The predicted octanol–water partition coefficient (Wildman–Crippen LogP) is 9.63. The van der Waals surface area contributed by atoms with Gasteiger partial charge in [-0.25, -0.2) is 0 Å². The van der Waals surface area contributed by atoms with Gasteiger partial charge in [0.15, 0.2) is 0 Å². The molecular formula is C50H72N4. The third kappa shape index (κ3) is 6.68. The molecule has 292 valence electrons. The lowest BCUT2D eigenvalue weighted by Crippen LogP contribution is -2.69. The van der Waals surface area contributed by atoms with Crippen LogP contribution >= 0.6 is 0 Å². The molecule has 7 rings (SSSR count). The van der Waals surface area contributed by atoms with E-state index in [1.165, 1.54) is 77.2 Å². The summed E-state index contributed by atoms with van der Waals surface area (Å²) in [6, 6.07) is 6.84. The molecule has 0 amide bonds. The number of aryl methyl sites for hydroxylation is 1. The predicted molar refractivity (Wildman–Crippen MR) is 233 cm³/mol. The van der Waals surface area contributed by atoms with E-state index < -0.39 is 0 Å². The van der Waals surface area contributed by atoms with Crippen molar-refractivity contribution in [3.8, 4) is 0 Å². The molecule has 8 atom stereocenters. The number of piperazine rings is 1. The molecular weight excluding hydrogens is 657 g/mol. The molecule has 2 saturated heterocycles. The highest BCUT2D eigenvalue weighted by atomic mass is 15.3. The SMILES string of the molecule is C=C(N[C@@H](C)C(=C)N1CCN(C2=C(CCC)CCC=C2)CC1)[C@@H]1CC(C)CN1C(=C)C1C(=C)[C@@]2(C)CC3(C)CC1C32C.C=C/C=c1/ccc(C)c/c1=C/C. The van der Waals surface area contributed by atoms with Crippen molar-refractivity contribution in [1.82, 2.24) is 20.0 Å². The van der Waals surface area contributed by atoms with E-state index in [-0.39, 0.29) is 17.5 Å². The maximum atomic E-state index is 4.80. The van der Waals surface area contributed by atoms with Gasteiger partial charge in [0.05, 0.1) is 12.1 Å². The number of hydrogen-bond donors (Lipinski definition) is 1. The Morgan fingerprint density at radius 1 is 1.07 bits per heavy atom. The minimum atomic E-state index is 0.155. The molecule has 5 unspecified atom stereocenters. The van der Waals surface area contributed by atoms with Gasteiger partial charge in [0.25, 0.3) is 0 Å².